The molecule has 1 saturated heterocycles. The smallest absolute Gasteiger partial charge is 0.234 e. The van der Waals surface area contributed by atoms with E-state index in [0.29, 0.717) is 26.5 Å². The predicted molar refractivity (Wildman–Crippen MR) is 94.0 cm³/mol. The van der Waals surface area contributed by atoms with Gasteiger partial charge in [0, 0.05) is 18.9 Å². The van der Waals surface area contributed by atoms with Crippen LogP contribution in [0.3, 0.4) is 0 Å². The van der Waals surface area contributed by atoms with Gasteiger partial charge in [-0.2, -0.15) is 0 Å². The Morgan fingerprint density at radius 3 is 2.08 bits per heavy atom. The van der Waals surface area contributed by atoms with Crippen molar-refractivity contribution in [3.63, 3.8) is 0 Å². The summed E-state index contributed by atoms with van der Waals surface area (Å²) in [5.74, 6) is 0.0817. The van der Waals surface area contributed by atoms with Crippen LogP contribution in [0, 0.1) is 0 Å². The number of anilines is 1. The van der Waals surface area contributed by atoms with E-state index in [1.54, 1.807) is 30.3 Å². The zero-order valence-electron chi connectivity index (χ0n) is 12.4. The molecule has 0 spiro atoms. The fraction of sp³-hybridized carbons (Fsp3) is 0.176. The summed E-state index contributed by atoms with van der Waals surface area (Å²) in [6.07, 6.45) is 0.527. The van der Waals surface area contributed by atoms with E-state index in [1.165, 1.54) is 11.0 Å². The molecule has 3 rings (SSSR count). The van der Waals surface area contributed by atoms with E-state index in [1.807, 2.05) is 0 Å². The van der Waals surface area contributed by atoms with Crippen LogP contribution >= 0.6 is 34.8 Å². The van der Waals surface area contributed by atoms with Crippen LogP contribution in [0.15, 0.2) is 36.4 Å². The molecule has 0 radical (unpaired) electrons. The first kappa shape index (κ1) is 17.1. The van der Waals surface area contributed by atoms with Gasteiger partial charge in [-0.05, 0) is 23.8 Å². The van der Waals surface area contributed by atoms with Crippen molar-refractivity contribution in [1.29, 1.82) is 0 Å². The molecular formula is C17H12Cl3NO3. The van der Waals surface area contributed by atoms with Crippen molar-refractivity contribution in [2.24, 2.45) is 0 Å². The van der Waals surface area contributed by atoms with Crippen molar-refractivity contribution in [1.82, 2.24) is 0 Å². The monoisotopic (exact) mass is 383 g/mol. The van der Waals surface area contributed by atoms with E-state index in [2.05, 4.69) is 0 Å². The number of nitrogens with zero attached hydrogens (tertiary/aromatic N) is 1. The summed E-state index contributed by atoms with van der Waals surface area (Å²) in [6, 6.07) is 10.1. The lowest BCUT2D eigenvalue weighted by atomic mass is 10.2. The summed E-state index contributed by atoms with van der Waals surface area (Å²) in [7, 11) is 0. The zero-order valence-corrected chi connectivity index (χ0v) is 14.7. The third kappa shape index (κ3) is 3.51. The molecule has 1 fully saturated rings. The second-order valence-corrected chi connectivity index (χ2v) is 6.50. The van der Waals surface area contributed by atoms with Crippen LogP contribution < -0.4 is 9.64 Å². The zero-order chi connectivity index (χ0) is 17.3. The van der Waals surface area contributed by atoms with E-state index in [-0.39, 0.29) is 31.3 Å². The average Bonchev–Trinajstić information content (AvgIpc) is 2.89. The highest BCUT2D eigenvalue weighted by Gasteiger charge is 2.30. The van der Waals surface area contributed by atoms with Crippen molar-refractivity contribution < 1.29 is 14.3 Å². The van der Waals surface area contributed by atoms with E-state index >= 15 is 0 Å². The summed E-state index contributed by atoms with van der Waals surface area (Å²) < 4.78 is 5.64. The number of carbonyl (C=O) groups excluding carboxylic acids is 2. The van der Waals surface area contributed by atoms with Crippen LogP contribution in [0.4, 0.5) is 5.69 Å². The van der Waals surface area contributed by atoms with Gasteiger partial charge in [0.2, 0.25) is 11.8 Å². The number of amides is 2. The Hall–Kier alpha value is -1.75. The minimum absolute atomic E-state index is 0.174. The molecule has 0 N–H and O–H groups in total. The highest BCUT2D eigenvalue weighted by atomic mass is 35.5. The fourth-order valence-electron chi connectivity index (χ4n) is 2.38. The number of ether oxygens (including phenoxy) is 1. The Morgan fingerprint density at radius 2 is 1.46 bits per heavy atom. The number of carbonyl (C=O) groups is 2. The molecule has 1 aliphatic heterocycles. The topological polar surface area (TPSA) is 46.6 Å². The quantitative estimate of drug-likeness (QED) is 0.557. The molecule has 124 valence electrons. The van der Waals surface area contributed by atoms with Crippen LogP contribution in [0.5, 0.6) is 5.75 Å². The highest BCUT2D eigenvalue weighted by molar-refractivity contribution is 6.43. The summed E-state index contributed by atoms with van der Waals surface area (Å²) in [4.78, 5) is 24.6. The molecule has 0 bridgehead atoms. The molecule has 4 nitrogen and oxygen atoms in total. The van der Waals surface area contributed by atoms with Crippen LogP contribution in [0.25, 0.3) is 0 Å². The number of halogens is 3. The summed E-state index contributed by atoms with van der Waals surface area (Å²) in [5, 5.41) is 1.09. The van der Waals surface area contributed by atoms with Gasteiger partial charge in [0.25, 0.3) is 0 Å². The molecule has 2 amide bonds. The van der Waals surface area contributed by atoms with Crippen LogP contribution in [0.1, 0.15) is 18.4 Å². The molecule has 0 aromatic heterocycles. The van der Waals surface area contributed by atoms with Gasteiger partial charge in [0.15, 0.2) is 0 Å². The van der Waals surface area contributed by atoms with Gasteiger partial charge in [0.1, 0.15) is 12.4 Å². The molecule has 0 unspecified atom stereocenters. The Balaban J connectivity index is 1.70. The van der Waals surface area contributed by atoms with E-state index in [0.717, 1.165) is 5.56 Å². The molecule has 0 saturated carbocycles. The van der Waals surface area contributed by atoms with Crippen molar-refractivity contribution in [2.45, 2.75) is 19.4 Å². The number of benzene rings is 2. The molecule has 1 aliphatic rings. The second-order valence-electron chi connectivity index (χ2n) is 5.27. The first-order valence-corrected chi connectivity index (χ1v) is 8.31. The molecule has 0 aliphatic carbocycles. The second kappa shape index (κ2) is 7.01. The van der Waals surface area contributed by atoms with Gasteiger partial charge in [-0.3, -0.25) is 14.5 Å². The van der Waals surface area contributed by atoms with Gasteiger partial charge in [-0.1, -0.05) is 46.9 Å². The van der Waals surface area contributed by atoms with Crippen molar-refractivity contribution >= 4 is 52.3 Å². The van der Waals surface area contributed by atoms with Crippen molar-refractivity contribution in [3.05, 3.63) is 57.0 Å². The third-order valence-corrected chi connectivity index (χ3v) is 4.63. The van der Waals surface area contributed by atoms with Crippen LogP contribution in [-0.4, -0.2) is 11.8 Å². The highest BCUT2D eigenvalue weighted by Crippen LogP contribution is 2.34. The number of rotatable bonds is 4. The molecule has 7 heteroatoms. The molecular weight excluding hydrogens is 373 g/mol. The molecule has 2 aromatic carbocycles. The Kier molecular flexibility index (Phi) is 4.99. The Bertz CT molecular complexity index is 789. The normalized spacial score (nSPS) is 14.4. The van der Waals surface area contributed by atoms with E-state index in [4.69, 9.17) is 39.5 Å². The van der Waals surface area contributed by atoms with E-state index < -0.39 is 0 Å². The van der Waals surface area contributed by atoms with Gasteiger partial charge < -0.3 is 4.74 Å². The van der Waals surface area contributed by atoms with Gasteiger partial charge in [-0.25, -0.2) is 0 Å². The third-order valence-electron chi connectivity index (χ3n) is 3.62. The maximum atomic E-state index is 11.7. The van der Waals surface area contributed by atoms with Crippen molar-refractivity contribution in [2.75, 3.05) is 4.90 Å². The SMILES string of the molecule is O=C1CCC(=O)N1c1ccc(COc2cc(Cl)c(Cl)cc2Cl)cc1. The minimum atomic E-state index is -0.174. The summed E-state index contributed by atoms with van der Waals surface area (Å²) >= 11 is 17.9. The maximum absolute atomic E-state index is 11.7. The number of imide groups is 1. The first-order chi connectivity index (χ1) is 11.5. The first-order valence-electron chi connectivity index (χ1n) is 7.18. The molecule has 1 heterocycles. The van der Waals surface area contributed by atoms with Gasteiger partial charge >= 0.3 is 0 Å². The standard InChI is InChI=1S/C17H12Cl3NO3/c18-12-7-14(20)15(8-13(12)19)24-9-10-1-3-11(4-2-10)21-16(22)5-6-17(21)23/h1-4,7-8H,5-6,9H2. The lowest BCUT2D eigenvalue weighted by Gasteiger charge is -2.14. The van der Waals surface area contributed by atoms with Gasteiger partial charge in [-0.15, -0.1) is 0 Å². The van der Waals surface area contributed by atoms with Gasteiger partial charge in [0.05, 0.1) is 20.8 Å². The Labute approximate surface area is 153 Å². The number of hydrogen-bond acceptors (Lipinski definition) is 3. The Morgan fingerprint density at radius 1 is 0.875 bits per heavy atom. The van der Waals surface area contributed by atoms with Crippen LogP contribution in [0.2, 0.25) is 15.1 Å². The van der Waals surface area contributed by atoms with E-state index in [9.17, 15) is 9.59 Å². The average molecular weight is 385 g/mol. The fourth-order valence-corrected chi connectivity index (χ4v) is 2.97. The molecule has 0 atom stereocenters. The van der Waals surface area contributed by atoms with Crippen LogP contribution in [-0.2, 0) is 16.2 Å². The summed E-state index contributed by atoms with van der Waals surface area (Å²) in [5.41, 5.74) is 1.43. The largest absolute Gasteiger partial charge is 0.487 e. The lowest BCUT2D eigenvalue weighted by molar-refractivity contribution is -0.121. The number of hydrogen-bond donors (Lipinski definition) is 0. The molecule has 2 aromatic rings. The predicted octanol–water partition coefficient (Wildman–Crippen LogP) is 4.88. The maximum Gasteiger partial charge on any atom is 0.234 e. The summed E-state index contributed by atoms with van der Waals surface area (Å²) in [6.45, 7) is 0.264. The molecule has 24 heavy (non-hydrogen) atoms. The lowest BCUT2D eigenvalue weighted by Crippen LogP contribution is -2.28. The minimum Gasteiger partial charge on any atom is -0.487 e. The van der Waals surface area contributed by atoms with Crippen molar-refractivity contribution in [3.8, 4) is 5.75 Å².